The number of phenolic OH excluding ortho intramolecular Hbond substituents is 2. The van der Waals surface area contributed by atoms with Crippen LogP contribution in [0.5, 0.6) is 11.5 Å². The summed E-state index contributed by atoms with van der Waals surface area (Å²) in [5.74, 6) is 0.338. The Balaban J connectivity index is 1.91. The monoisotopic (exact) mass is 375 g/mol. The van der Waals surface area contributed by atoms with Crippen LogP contribution in [0.1, 0.15) is 11.1 Å². The minimum absolute atomic E-state index is 0.169. The van der Waals surface area contributed by atoms with Crippen LogP contribution in [0.25, 0.3) is 0 Å². The predicted molar refractivity (Wildman–Crippen MR) is 96.3 cm³/mol. The van der Waals surface area contributed by atoms with E-state index in [0.717, 1.165) is 4.50 Å². The van der Waals surface area contributed by atoms with Gasteiger partial charge in [0.15, 0.2) is 0 Å². The molecule has 0 unspecified atom stereocenters. The van der Waals surface area contributed by atoms with E-state index < -0.39 is 14.1 Å². The molecule has 0 aliphatic carbocycles. The quantitative estimate of drug-likeness (QED) is 0.673. The van der Waals surface area contributed by atoms with Crippen molar-refractivity contribution in [3.63, 3.8) is 0 Å². The van der Waals surface area contributed by atoms with E-state index in [9.17, 15) is 10.2 Å². The zero-order valence-electron chi connectivity index (χ0n) is 13.2. The molecule has 1 radical (unpaired) electrons. The molecule has 3 aromatic carbocycles. The fraction of sp³-hybridized carbons (Fsp3) is 0. The summed E-state index contributed by atoms with van der Waals surface area (Å²) >= 11 is -1.24. The van der Waals surface area contributed by atoms with Gasteiger partial charge in [-0.15, -0.1) is 0 Å². The van der Waals surface area contributed by atoms with Crippen molar-refractivity contribution in [1.29, 1.82) is 0 Å². The van der Waals surface area contributed by atoms with Crippen LogP contribution in [0, 0.1) is 6.07 Å². The second-order valence-electron chi connectivity index (χ2n) is 4.95. The van der Waals surface area contributed by atoms with E-state index in [2.05, 4.69) is 14.1 Å². The van der Waals surface area contributed by atoms with Gasteiger partial charge < -0.3 is 0 Å². The van der Waals surface area contributed by atoms with Crippen LogP contribution in [-0.2, 0) is 14.1 Å². The van der Waals surface area contributed by atoms with Gasteiger partial charge in [0.2, 0.25) is 0 Å². The molecule has 4 nitrogen and oxygen atoms in total. The van der Waals surface area contributed by atoms with Crippen molar-refractivity contribution in [3.05, 3.63) is 90.0 Å². The molecule has 0 aromatic heterocycles. The van der Waals surface area contributed by atoms with E-state index >= 15 is 0 Å². The maximum atomic E-state index is 9.87. The maximum absolute atomic E-state index is 9.87. The third-order valence-corrected chi connectivity index (χ3v) is 4.82. The summed E-state index contributed by atoms with van der Waals surface area (Å²) in [6.07, 6.45) is 3.23. The van der Waals surface area contributed by atoms with E-state index in [-0.39, 0.29) is 11.5 Å². The number of benzene rings is 3. The van der Waals surface area contributed by atoms with Gasteiger partial charge in [0.05, 0.1) is 0 Å². The van der Waals surface area contributed by atoms with Gasteiger partial charge >= 0.3 is 151 Å². The zero-order chi connectivity index (χ0) is 17.5. The molecule has 0 atom stereocenters. The molecule has 0 bridgehead atoms. The van der Waals surface area contributed by atoms with E-state index in [1.807, 2.05) is 36.4 Å². The molecule has 0 spiro atoms. The first-order valence-corrected chi connectivity index (χ1v) is 8.94. The Hall–Kier alpha value is -2.89. The number of rotatable bonds is 5. The molecule has 0 saturated carbocycles. The molecular weight excluding hydrogens is 359 g/mol. The molecule has 3 rings (SSSR count). The van der Waals surface area contributed by atoms with E-state index in [1.54, 1.807) is 48.8 Å². The molecule has 0 fully saturated rings. The standard InChI is InChI=1S/2C7H6NO.C6H4.Co/c2*8-5-6-3-1-2-4-7(6)9;1-2-4-6-5-3-1;/h2*1-5,9H;1-4H;/q2*-1;;+2. The summed E-state index contributed by atoms with van der Waals surface area (Å²) in [6.45, 7) is 0. The minimum atomic E-state index is -1.24. The van der Waals surface area contributed by atoms with Crippen LogP contribution in [-0.4, -0.2) is 22.6 Å². The Labute approximate surface area is 151 Å². The fourth-order valence-electron chi connectivity index (χ4n) is 1.94. The van der Waals surface area contributed by atoms with Crippen LogP contribution >= 0.6 is 0 Å². The molecule has 5 heteroatoms. The van der Waals surface area contributed by atoms with Crippen molar-refractivity contribution in [2.75, 3.05) is 0 Å². The Morgan fingerprint density at radius 1 is 0.720 bits per heavy atom. The van der Waals surface area contributed by atoms with E-state index in [1.165, 1.54) is 0 Å². The second kappa shape index (κ2) is 8.28. The van der Waals surface area contributed by atoms with Crippen LogP contribution in [0.2, 0.25) is 0 Å². The summed E-state index contributed by atoms with van der Waals surface area (Å²) in [6, 6.07) is 24.7. The summed E-state index contributed by atoms with van der Waals surface area (Å²) < 4.78 is 9.93. The molecule has 0 aliphatic rings. The van der Waals surface area contributed by atoms with Crippen LogP contribution < -0.4 is 4.50 Å². The van der Waals surface area contributed by atoms with Gasteiger partial charge in [0.1, 0.15) is 0 Å². The van der Waals surface area contributed by atoms with Crippen molar-refractivity contribution in [2.45, 2.75) is 0 Å². The average Bonchev–Trinajstić information content (AvgIpc) is 2.65. The number of phenols is 2. The molecule has 0 amide bonds. The molecule has 25 heavy (non-hydrogen) atoms. The van der Waals surface area contributed by atoms with Crippen LogP contribution in [0.4, 0.5) is 0 Å². The molecule has 127 valence electrons. The van der Waals surface area contributed by atoms with Gasteiger partial charge in [-0.3, -0.25) is 0 Å². The summed E-state index contributed by atoms with van der Waals surface area (Å²) in [4.78, 5) is 0. The van der Waals surface area contributed by atoms with Gasteiger partial charge in [0, 0.05) is 0 Å². The predicted octanol–water partition coefficient (Wildman–Crippen LogP) is 3.21. The van der Waals surface area contributed by atoms with E-state index in [4.69, 9.17) is 0 Å². The first-order chi connectivity index (χ1) is 12.2. The van der Waals surface area contributed by atoms with Crippen molar-refractivity contribution in [2.24, 2.45) is 8.08 Å². The van der Waals surface area contributed by atoms with Gasteiger partial charge in [-0.2, -0.15) is 0 Å². The number of aromatic hydroxyl groups is 2. The molecule has 0 saturated heterocycles. The van der Waals surface area contributed by atoms with Gasteiger partial charge in [-0.1, -0.05) is 0 Å². The third kappa shape index (κ3) is 4.56. The Morgan fingerprint density at radius 2 is 1.24 bits per heavy atom. The fourth-order valence-corrected chi connectivity index (χ4v) is 3.32. The number of hydrogen-bond donors (Lipinski definition) is 2. The second-order valence-corrected chi connectivity index (χ2v) is 6.72. The molecule has 3 aromatic rings. The Kier molecular flexibility index (Phi) is 5.61. The molecule has 0 heterocycles. The van der Waals surface area contributed by atoms with Crippen molar-refractivity contribution >= 4 is 16.9 Å². The van der Waals surface area contributed by atoms with Crippen LogP contribution in [0.3, 0.4) is 0 Å². The van der Waals surface area contributed by atoms with Gasteiger partial charge in [-0.05, 0) is 0 Å². The third-order valence-electron chi connectivity index (χ3n) is 3.22. The summed E-state index contributed by atoms with van der Waals surface area (Å²) in [7, 11) is 0. The Bertz CT molecular complexity index is 839. The molecule has 0 aliphatic heterocycles. The average molecular weight is 375 g/mol. The molecular formula is C20H16CoN2O2. The number of hydrogen-bond acceptors (Lipinski definition) is 4. The normalized spacial score (nSPS) is 11.9. The Morgan fingerprint density at radius 3 is 1.72 bits per heavy atom. The van der Waals surface area contributed by atoms with Gasteiger partial charge in [-0.25, -0.2) is 0 Å². The first kappa shape index (κ1) is 16.9. The SMILES string of the molecule is Oc1ccccc1C=[N][Co]([N]=Cc1ccccc1O)[c]1[c]cccc1. The zero-order valence-corrected chi connectivity index (χ0v) is 14.2. The van der Waals surface area contributed by atoms with Crippen LogP contribution in [0.15, 0.2) is 80.9 Å². The van der Waals surface area contributed by atoms with Crippen molar-refractivity contribution < 1.29 is 24.3 Å². The first-order valence-electron chi connectivity index (χ1n) is 7.49. The van der Waals surface area contributed by atoms with E-state index in [0.29, 0.717) is 11.1 Å². The number of nitrogens with zero attached hydrogens (tertiary/aromatic N) is 2. The van der Waals surface area contributed by atoms with Gasteiger partial charge in [0.25, 0.3) is 0 Å². The summed E-state index contributed by atoms with van der Waals surface area (Å²) in [5, 5.41) is 19.7. The summed E-state index contributed by atoms with van der Waals surface area (Å²) in [5.41, 5.74) is 1.26. The van der Waals surface area contributed by atoms with Crippen molar-refractivity contribution in [3.8, 4) is 11.5 Å². The topological polar surface area (TPSA) is 65.2 Å². The van der Waals surface area contributed by atoms with Crippen molar-refractivity contribution in [1.82, 2.24) is 0 Å². The number of para-hydroxylation sites is 2. The molecule has 2 N–H and O–H groups in total.